The van der Waals surface area contributed by atoms with E-state index in [4.69, 9.17) is 9.47 Å². The minimum atomic E-state index is -0.756. The molecule has 1 aromatic carbocycles. The molecule has 4 rings (SSSR count). The number of morpholine rings is 1. The van der Waals surface area contributed by atoms with Gasteiger partial charge in [-0.3, -0.25) is 19.5 Å². The van der Waals surface area contributed by atoms with Crippen molar-refractivity contribution in [2.24, 2.45) is 0 Å². The fourth-order valence-electron chi connectivity index (χ4n) is 3.96. The molecule has 31 heavy (non-hydrogen) atoms. The summed E-state index contributed by atoms with van der Waals surface area (Å²) in [6, 6.07) is 11.3. The van der Waals surface area contributed by atoms with E-state index in [0.717, 1.165) is 13.1 Å². The second-order valence-corrected chi connectivity index (χ2v) is 7.43. The lowest BCUT2D eigenvalue weighted by atomic mass is 9.98. The molecule has 1 N–H and O–H groups in total. The molecule has 2 aliphatic rings. The maximum Gasteiger partial charge on any atom is 0.295 e. The van der Waals surface area contributed by atoms with Crippen LogP contribution >= 0.6 is 0 Å². The van der Waals surface area contributed by atoms with Gasteiger partial charge in [0.05, 0.1) is 31.6 Å². The summed E-state index contributed by atoms with van der Waals surface area (Å²) in [6.45, 7) is 3.82. The van der Waals surface area contributed by atoms with Crippen molar-refractivity contribution in [2.45, 2.75) is 6.04 Å². The Labute approximate surface area is 180 Å². The predicted molar refractivity (Wildman–Crippen MR) is 113 cm³/mol. The van der Waals surface area contributed by atoms with Gasteiger partial charge in [-0.15, -0.1) is 0 Å². The first-order valence-corrected chi connectivity index (χ1v) is 10.2. The van der Waals surface area contributed by atoms with Gasteiger partial charge in [0.2, 0.25) is 0 Å². The third-order valence-electron chi connectivity index (χ3n) is 5.61. The van der Waals surface area contributed by atoms with Crippen LogP contribution in [0.1, 0.15) is 17.3 Å². The molecule has 2 aliphatic heterocycles. The molecule has 0 spiro atoms. The van der Waals surface area contributed by atoms with Crippen molar-refractivity contribution in [3.63, 3.8) is 0 Å². The summed E-state index contributed by atoms with van der Waals surface area (Å²) in [4.78, 5) is 34.1. The van der Waals surface area contributed by atoms with Gasteiger partial charge in [-0.2, -0.15) is 0 Å². The Morgan fingerprint density at radius 3 is 2.68 bits per heavy atom. The molecule has 1 amide bonds. The monoisotopic (exact) mass is 423 g/mol. The van der Waals surface area contributed by atoms with E-state index in [1.807, 2.05) is 0 Å². The van der Waals surface area contributed by atoms with Crippen LogP contribution in [0.25, 0.3) is 5.76 Å². The number of benzene rings is 1. The van der Waals surface area contributed by atoms with Gasteiger partial charge in [-0.05, 0) is 24.3 Å². The summed E-state index contributed by atoms with van der Waals surface area (Å²) < 4.78 is 10.6. The van der Waals surface area contributed by atoms with Crippen LogP contribution in [-0.4, -0.2) is 78.1 Å². The van der Waals surface area contributed by atoms with Crippen LogP contribution in [0, 0.1) is 0 Å². The molecule has 162 valence electrons. The fourth-order valence-corrected chi connectivity index (χ4v) is 3.96. The summed E-state index contributed by atoms with van der Waals surface area (Å²) in [7, 11) is 1.53. The Morgan fingerprint density at radius 2 is 1.97 bits per heavy atom. The second-order valence-electron chi connectivity index (χ2n) is 7.43. The zero-order valence-corrected chi connectivity index (χ0v) is 17.4. The van der Waals surface area contributed by atoms with Gasteiger partial charge < -0.3 is 19.5 Å². The standard InChI is InChI=1S/C23H25N3O5/c1-30-17-6-4-5-16(15-17)21(27)19-20(18-7-2-3-8-24-18)26(23(29)22(19)28)10-9-25-11-13-31-14-12-25/h2-8,15,20,27H,9-14H2,1H3/b21-19+. The average Bonchev–Trinajstić information content (AvgIpc) is 3.08. The molecular weight excluding hydrogens is 398 g/mol. The number of aliphatic hydroxyl groups is 1. The number of ether oxygens (including phenoxy) is 2. The minimum Gasteiger partial charge on any atom is -0.507 e. The van der Waals surface area contributed by atoms with E-state index < -0.39 is 17.7 Å². The van der Waals surface area contributed by atoms with Crippen LogP contribution in [0.3, 0.4) is 0 Å². The number of pyridine rings is 1. The van der Waals surface area contributed by atoms with Gasteiger partial charge in [-0.1, -0.05) is 18.2 Å². The van der Waals surface area contributed by atoms with Crippen molar-refractivity contribution in [1.29, 1.82) is 0 Å². The molecule has 0 radical (unpaired) electrons. The summed E-state index contributed by atoms with van der Waals surface area (Å²) >= 11 is 0. The third kappa shape index (κ3) is 4.30. The Morgan fingerprint density at radius 1 is 1.16 bits per heavy atom. The lowest BCUT2D eigenvalue weighted by Crippen LogP contribution is -2.42. The molecule has 2 saturated heterocycles. The summed E-state index contributed by atoms with van der Waals surface area (Å²) in [6.07, 6.45) is 1.61. The predicted octanol–water partition coefficient (Wildman–Crippen LogP) is 1.84. The quantitative estimate of drug-likeness (QED) is 0.431. The molecule has 0 aliphatic carbocycles. The number of aliphatic hydroxyl groups excluding tert-OH is 1. The molecule has 0 saturated carbocycles. The highest BCUT2D eigenvalue weighted by Crippen LogP contribution is 2.38. The highest BCUT2D eigenvalue weighted by Gasteiger charge is 2.46. The topological polar surface area (TPSA) is 92.2 Å². The van der Waals surface area contributed by atoms with Crippen LogP contribution in [-0.2, 0) is 14.3 Å². The molecular formula is C23H25N3O5. The Bertz CT molecular complexity index is 986. The maximum atomic E-state index is 13.0. The largest absolute Gasteiger partial charge is 0.507 e. The number of rotatable bonds is 6. The number of carbonyl (C=O) groups excluding carboxylic acids is 2. The lowest BCUT2D eigenvalue weighted by molar-refractivity contribution is -0.140. The van der Waals surface area contributed by atoms with Crippen molar-refractivity contribution < 1.29 is 24.2 Å². The normalized spacial score (nSPS) is 21.5. The Kier molecular flexibility index (Phi) is 6.29. The van der Waals surface area contributed by atoms with E-state index in [2.05, 4.69) is 9.88 Å². The number of aromatic nitrogens is 1. The molecule has 0 bridgehead atoms. The van der Waals surface area contributed by atoms with Crippen molar-refractivity contribution in [1.82, 2.24) is 14.8 Å². The van der Waals surface area contributed by atoms with E-state index in [-0.39, 0.29) is 11.3 Å². The van der Waals surface area contributed by atoms with E-state index in [1.54, 1.807) is 48.7 Å². The van der Waals surface area contributed by atoms with Gasteiger partial charge in [-0.25, -0.2) is 0 Å². The third-order valence-corrected chi connectivity index (χ3v) is 5.61. The van der Waals surface area contributed by atoms with E-state index in [9.17, 15) is 14.7 Å². The summed E-state index contributed by atoms with van der Waals surface area (Å²) in [5, 5.41) is 11.1. The zero-order valence-electron chi connectivity index (χ0n) is 17.4. The number of Topliss-reactive ketones (excluding diaryl/α,β-unsaturated/α-hetero) is 1. The van der Waals surface area contributed by atoms with Crippen molar-refractivity contribution in [3.05, 3.63) is 65.5 Å². The second kappa shape index (κ2) is 9.28. The van der Waals surface area contributed by atoms with E-state index in [1.165, 1.54) is 12.0 Å². The Balaban J connectivity index is 1.72. The number of amides is 1. The number of nitrogens with zero attached hydrogens (tertiary/aromatic N) is 3. The molecule has 1 unspecified atom stereocenters. The van der Waals surface area contributed by atoms with Crippen LogP contribution in [0.15, 0.2) is 54.2 Å². The highest BCUT2D eigenvalue weighted by molar-refractivity contribution is 6.46. The average molecular weight is 423 g/mol. The summed E-state index contributed by atoms with van der Waals surface area (Å²) in [5.74, 6) is -1.03. The number of hydrogen-bond donors (Lipinski definition) is 1. The number of ketones is 1. The van der Waals surface area contributed by atoms with Gasteiger partial charge in [0, 0.05) is 37.9 Å². The van der Waals surface area contributed by atoms with Crippen LogP contribution < -0.4 is 4.74 Å². The van der Waals surface area contributed by atoms with Gasteiger partial charge in [0.25, 0.3) is 11.7 Å². The number of hydrogen-bond acceptors (Lipinski definition) is 7. The van der Waals surface area contributed by atoms with Crippen molar-refractivity contribution in [2.75, 3.05) is 46.5 Å². The van der Waals surface area contributed by atoms with Crippen molar-refractivity contribution >= 4 is 17.4 Å². The molecule has 8 nitrogen and oxygen atoms in total. The van der Waals surface area contributed by atoms with E-state index in [0.29, 0.717) is 43.3 Å². The highest BCUT2D eigenvalue weighted by atomic mass is 16.5. The first-order chi connectivity index (χ1) is 15.1. The SMILES string of the molecule is COc1cccc(/C(O)=C2\C(=O)C(=O)N(CCN3CCOCC3)C2c2ccccn2)c1. The van der Waals surface area contributed by atoms with Crippen molar-refractivity contribution in [3.8, 4) is 5.75 Å². The van der Waals surface area contributed by atoms with Gasteiger partial charge >= 0.3 is 0 Å². The number of methoxy groups -OCH3 is 1. The van der Waals surface area contributed by atoms with Gasteiger partial charge in [0.15, 0.2) is 0 Å². The number of carbonyl (C=O) groups is 2. The first kappa shape index (κ1) is 21.0. The zero-order chi connectivity index (χ0) is 21.8. The molecule has 1 aromatic heterocycles. The molecule has 3 heterocycles. The summed E-state index contributed by atoms with van der Waals surface area (Å²) in [5.41, 5.74) is 0.985. The van der Waals surface area contributed by atoms with Crippen LogP contribution in [0.4, 0.5) is 0 Å². The lowest BCUT2D eigenvalue weighted by Gasteiger charge is -2.30. The molecule has 2 aromatic rings. The van der Waals surface area contributed by atoms with Gasteiger partial charge in [0.1, 0.15) is 17.6 Å². The maximum absolute atomic E-state index is 13.0. The number of likely N-dealkylation sites (tertiary alicyclic amines) is 1. The molecule has 8 heteroatoms. The van der Waals surface area contributed by atoms with Crippen LogP contribution in [0.2, 0.25) is 0 Å². The first-order valence-electron chi connectivity index (χ1n) is 10.2. The fraction of sp³-hybridized carbons (Fsp3) is 0.348. The Hall–Kier alpha value is -3.23. The molecule has 2 fully saturated rings. The van der Waals surface area contributed by atoms with E-state index >= 15 is 0 Å². The van der Waals surface area contributed by atoms with Crippen LogP contribution in [0.5, 0.6) is 5.75 Å². The smallest absolute Gasteiger partial charge is 0.295 e. The molecule has 1 atom stereocenters. The minimum absolute atomic E-state index is 0.0407.